The third kappa shape index (κ3) is 3.46. The fourth-order valence-corrected chi connectivity index (χ4v) is 2.03. The van der Waals surface area contributed by atoms with E-state index in [0.29, 0.717) is 21.6 Å². The van der Waals surface area contributed by atoms with Crippen molar-refractivity contribution in [3.8, 4) is 0 Å². The van der Waals surface area contributed by atoms with Crippen LogP contribution in [0.2, 0.25) is 0 Å². The molecule has 0 bridgehead atoms. The molecule has 0 fully saturated rings. The number of carbonyl (C=O) groups excluding carboxylic acids is 1. The van der Waals surface area contributed by atoms with Crippen molar-refractivity contribution >= 4 is 27.5 Å². The van der Waals surface area contributed by atoms with Crippen molar-refractivity contribution < 1.29 is 4.79 Å². The molecule has 1 rings (SSSR count). The summed E-state index contributed by atoms with van der Waals surface area (Å²) in [6, 6.07) is 5.36. The lowest BCUT2D eigenvalue weighted by atomic mass is 10.1. The molecule has 17 heavy (non-hydrogen) atoms. The van der Waals surface area contributed by atoms with Crippen molar-refractivity contribution in [2.75, 3.05) is 19.3 Å². The van der Waals surface area contributed by atoms with E-state index in [-0.39, 0.29) is 5.91 Å². The van der Waals surface area contributed by atoms with Crippen LogP contribution in [0.3, 0.4) is 0 Å². The normalized spacial score (nSPS) is 12.2. The average molecular weight is 299 g/mol. The summed E-state index contributed by atoms with van der Waals surface area (Å²) in [6.45, 7) is 5.02. The molecule has 3 nitrogen and oxygen atoms in total. The fourth-order valence-electron chi connectivity index (χ4n) is 1.60. The average Bonchev–Trinajstić information content (AvgIpc) is 2.31. The Kier molecular flexibility index (Phi) is 5.00. The lowest BCUT2D eigenvalue weighted by Gasteiger charge is -2.21. The van der Waals surface area contributed by atoms with Gasteiger partial charge in [-0.2, -0.15) is 0 Å². The smallest absolute Gasteiger partial charge is 0.254 e. The Morgan fingerprint density at radius 1 is 1.53 bits per heavy atom. The maximum atomic E-state index is 12.2. The number of anilines is 1. The maximum absolute atomic E-state index is 12.2. The van der Waals surface area contributed by atoms with E-state index in [1.54, 1.807) is 23.1 Å². The molecule has 1 aromatic rings. The Bertz CT molecular complexity index is 406. The summed E-state index contributed by atoms with van der Waals surface area (Å²) >= 11 is 3.36. The van der Waals surface area contributed by atoms with Gasteiger partial charge in [0.05, 0.1) is 10.0 Å². The second-order valence-corrected chi connectivity index (χ2v) is 5.20. The van der Waals surface area contributed by atoms with Gasteiger partial charge in [-0.25, -0.2) is 0 Å². The predicted molar refractivity (Wildman–Crippen MR) is 75.0 cm³/mol. The van der Waals surface area contributed by atoms with Crippen molar-refractivity contribution in [2.45, 2.75) is 20.3 Å². The summed E-state index contributed by atoms with van der Waals surface area (Å²) in [5, 5.41) is 0. The molecule has 0 heterocycles. The molecule has 0 aliphatic heterocycles. The van der Waals surface area contributed by atoms with Gasteiger partial charge in [-0.1, -0.05) is 26.3 Å². The second-order valence-electron chi connectivity index (χ2n) is 4.41. The number of benzene rings is 1. The lowest BCUT2D eigenvalue weighted by molar-refractivity contribution is 0.0774. The van der Waals surface area contributed by atoms with Gasteiger partial charge in [-0.05, 0) is 34.0 Å². The van der Waals surface area contributed by atoms with E-state index in [1.165, 1.54) is 0 Å². The molecule has 0 aliphatic carbocycles. The first kappa shape index (κ1) is 14.0. The number of rotatable bonds is 4. The highest BCUT2D eigenvalue weighted by Crippen LogP contribution is 2.24. The van der Waals surface area contributed by atoms with Crippen LogP contribution in [0.15, 0.2) is 22.7 Å². The maximum Gasteiger partial charge on any atom is 0.254 e. The second kappa shape index (κ2) is 6.05. The molecule has 0 spiro atoms. The topological polar surface area (TPSA) is 46.3 Å². The first-order valence-electron chi connectivity index (χ1n) is 5.76. The number of hydrogen-bond acceptors (Lipinski definition) is 2. The van der Waals surface area contributed by atoms with Crippen LogP contribution in [0.25, 0.3) is 0 Å². The summed E-state index contributed by atoms with van der Waals surface area (Å²) in [4.78, 5) is 14.0. The highest BCUT2D eigenvalue weighted by atomic mass is 79.9. The molecule has 0 aromatic heterocycles. The van der Waals surface area contributed by atoms with Gasteiger partial charge in [-0.15, -0.1) is 0 Å². The third-order valence-electron chi connectivity index (χ3n) is 2.89. The number of nitrogen functional groups attached to an aromatic ring is 1. The first-order chi connectivity index (χ1) is 7.97. The van der Waals surface area contributed by atoms with Crippen molar-refractivity contribution in [3.05, 3.63) is 28.2 Å². The van der Waals surface area contributed by atoms with Gasteiger partial charge >= 0.3 is 0 Å². The SMILES string of the molecule is CCC(C)CN(C)C(=O)c1cccc(N)c1Br. The molecule has 0 radical (unpaired) electrons. The highest BCUT2D eigenvalue weighted by molar-refractivity contribution is 9.10. The molecule has 2 N–H and O–H groups in total. The van der Waals surface area contributed by atoms with Crippen LogP contribution in [-0.4, -0.2) is 24.4 Å². The van der Waals surface area contributed by atoms with Gasteiger partial charge in [-0.3, -0.25) is 4.79 Å². The Morgan fingerprint density at radius 2 is 2.18 bits per heavy atom. The molecule has 1 amide bonds. The van der Waals surface area contributed by atoms with Crippen LogP contribution in [0.1, 0.15) is 30.6 Å². The van der Waals surface area contributed by atoms with Crippen LogP contribution >= 0.6 is 15.9 Å². The largest absolute Gasteiger partial charge is 0.398 e. The third-order valence-corrected chi connectivity index (χ3v) is 3.77. The zero-order chi connectivity index (χ0) is 13.0. The Morgan fingerprint density at radius 3 is 2.76 bits per heavy atom. The molecule has 1 unspecified atom stereocenters. The lowest BCUT2D eigenvalue weighted by Crippen LogP contribution is -2.31. The summed E-state index contributed by atoms with van der Waals surface area (Å²) < 4.78 is 0.681. The molecule has 1 aromatic carbocycles. The van der Waals surface area contributed by atoms with Crippen LogP contribution in [0.5, 0.6) is 0 Å². The van der Waals surface area contributed by atoms with E-state index in [1.807, 2.05) is 7.05 Å². The minimum absolute atomic E-state index is 0.00414. The van der Waals surface area contributed by atoms with E-state index >= 15 is 0 Å². The Hall–Kier alpha value is -1.03. The molecule has 4 heteroatoms. The van der Waals surface area contributed by atoms with E-state index in [0.717, 1.165) is 13.0 Å². The number of carbonyl (C=O) groups is 1. The van der Waals surface area contributed by atoms with Crippen LogP contribution in [-0.2, 0) is 0 Å². The Labute approximate surface area is 111 Å². The molecule has 0 aliphatic rings. The summed E-state index contributed by atoms with van der Waals surface area (Å²) in [7, 11) is 1.82. The van der Waals surface area contributed by atoms with Crippen LogP contribution < -0.4 is 5.73 Å². The summed E-state index contributed by atoms with van der Waals surface area (Å²) in [5.41, 5.74) is 6.98. The molecule has 1 atom stereocenters. The van der Waals surface area contributed by atoms with E-state index < -0.39 is 0 Å². The first-order valence-corrected chi connectivity index (χ1v) is 6.56. The molecule has 94 valence electrons. The van der Waals surface area contributed by atoms with Crippen molar-refractivity contribution in [1.82, 2.24) is 4.90 Å². The van der Waals surface area contributed by atoms with Crippen LogP contribution in [0, 0.1) is 5.92 Å². The van der Waals surface area contributed by atoms with Gasteiger partial charge in [0.25, 0.3) is 5.91 Å². The zero-order valence-electron chi connectivity index (χ0n) is 10.5. The van der Waals surface area contributed by atoms with E-state index in [4.69, 9.17) is 5.73 Å². The summed E-state index contributed by atoms with van der Waals surface area (Å²) in [6.07, 6.45) is 1.07. The quantitative estimate of drug-likeness (QED) is 0.868. The van der Waals surface area contributed by atoms with Crippen molar-refractivity contribution in [1.29, 1.82) is 0 Å². The minimum atomic E-state index is 0.00414. The van der Waals surface area contributed by atoms with E-state index in [2.05, 4.69) is 29.8 Å². The number of nitrogens with zero attached hydrogens (tertiary/aromatic N) is 1. The zero-order valence-corrected chi connectivity index (χ0v) is 12.1. The fraction of sp³-hybridized carbons (Fsp3) is 0.462. The number of hydrogen-bond donors (Lipinski definition) is 1. The van der Waals surface area contributed by atoms with Gasteiger partial charge in [0, 0.05) is 19.3 Å². The van der Waals surface area contributed by atoms with Gasteiger partial charge in [0.2, 0.25) is 0 Å². The summed E-state index contributed by atoms with van der Waals surface area (Å²) in [5.74, 6) is 0.508. The molecular formula is C13H19BrN2O. The standard InChI is InChI=1S/C13H19BrN2O/c1-4-9(2)8-16(3)13(17)10-6-5-7-11(15)12(10)14/h5-7,9H,4,8,15H2,1-3H3. The predicted octanol–water partition coefficient (Wildman–Crippen LogP) is 3.15. The molecular weight excluding hydrogens is 280 g/mol. The Balaban J connectivity index is 2.85. The van der Waals surface area contributed by atoms with Crippen molar-refractivity contribution in [2.24, 2.45) is 5.92 Å². The molecule has 0 saturated heterocycles. The van der Waals surface area contributed by atoms with Crippen molar-refractivity contribution in [3.63, 3.8) is 0 Å². The number of amides is 1. The number of halogens is 1. The number of nitrogens with two attached hydrogens (primary N) is 1. The van der Waals surface area contributed by atoms with Gasteiger partial charge in [0.1, 0.15) is 0 Å². The monoisotopic (exact) mass is 298 g/mol. The van der Waals surface area contributed by atoms with Gasteiger partial charge in [0.15, 0.2) is 0 Å². The van der Waals surface area contributed by atoms with E-state index in [9.17, 15) is 4.79 Å². The molecule has 0 saturated carbocycles. The van der Waals surface area contributed by atoms with Crippen LogP contribution in [0.4, 0.5) is 5.69 Å². The minimum Gasteiger partial charge on any atom is -0.398 e. The van der Waals surface area contributed by atoms with Gasteiger partial charge < -0.3 is 10.6 Å². The highest BCUT2D eigenvalue weighted by Gasteiger charge is 2.17.